The lowest BCUT2D eigenvalue weighted by atomic mass is 10.0. The molecule has 6 heteroatoms. The van der Waals surface area contributed by atoms with Gasteiger partial charge in [-0.25, -0.2) is 0 Å². The summed E-state index contributed by atoms with van der Waals surface area (Å²) in [5.41, 5.74) is 9.77. The second-order valence-electron chi connectivity index (χ2n) is 7.52. The Balaban J connectivity index is 0.00000280. The summed E-state index contributed by atoms with van der Waals surface area (Å²) in [5, 5.41) is 2.84. The Hall–Kier alpha value is -2.37. The van der Waals surface area contributed by atoms with Gasteiger partial charge in [0.15, 0.2) is 0 Å². The molecule has 150 valence electrons. The highest BCUT2D eigenvalue weighted by molar-refractivity contribution is 5.97. The second-order valence-corrected chi connectivity index (χ2v) is 7.52. The molecule has 2 amide bonds. The zero-order valence-corrected chi connectivity index (χ0v) is 17.2. The number of benzene rings is 2. The standard InChI is InChI=1S/C22H27N3O2.ClH/c1-15(2)13-19(23)22(27)24-18-9-7-16(8-10-18)14-21(26)25-12-11-17-5-3-4-6-20(17)25;/h3-10,15,19H,11-14,23H2,1-2H3,(H,24,27);1H/t19-;/m0./s1. The molecule has 1 heterocycles. The van der Waals surface area contributed by atoms with Crippen LogP contribution in [0.3, 0.4) is 0 Å². The molecule has 0 unspecified atom stereocenters. The van der Waals surface area contributed by atoms with Crippen molar-refractivity contribution in [2.45, 2.75) is 39.2 Å². The summed E-state index contributed by atoms with van der Waals surface area (Å²) >= 11 is 0. The molecule has 0 saturated heterocycles. The monoisotopic (exact) mass is 401 g/mol. The molecular weight excluding hydrogens is 374 g/mol. The molecule has 5 nitrogen and oxygen atoms in total. The minimum atomic E-state index is -0.513. The third-order valence-electron chi connectivity index (χ3n) is 4.83. The highest BCUT2D eigenvalue weighted by Crippen LogP contribution is 2.28. The van der Waals surface area contributed by atoms with Gasteiger partial charge in [-0.2, -0.15) is 0 Å². The number of hydrogen-bond acceptors (Lipinski definition) is 3. The van der Waals surface area contributed by atoms with Gasteiger partial charge in [-0.1, -0.05) is 44.2 Å². The first-order valence-corrected chi connectivity index (χ1v) is 9.47. The van der Waals surface area contributed by atoms with Crippen molar-refractivity contribution in [3.63, 3.8) is 0 Å². The highest BCUT2D eigenvalue weighted by atomic mass is 35.5. The van der Waals surface area contributed by atoms with Crippen LogP contribution in [0.4, 0.5) is 11.4 Å². The molecule has 0 spiro atoms. The van der Waals surface area contributed by atoms with Gasteiger partial charge in [0.05, 0.1) is 12.5 Å². The fourth-order valence-electron chi connectivity index (χ4n) is 3.42. The number of nitrogens with two attached hydrogens (primary N) is 1. The Morgan fingerprint density at radius 3 is 2.46 bits per heavy atom. The topological polar surface area (TPSA) is 75.4 Å². The van der Waals surface area contributed by atoms with Crippen molar-refractivity contribution in [3.05, 3.63) is 59.7 Å². The van der Waals surface area contributed by atoms with E-state index in [1.165, 1.54) is 5.56 Å². The van der Waals surface area contributed by atoms with Crippen LogP contribution in [0.1, 0.15) is 31.4 Å². The van der Waals surface area contributed by atoms with Crippen LogP contribution < -0.4 is 16.0 Å². The number of rotatable bonds is 6. The normalized spacial score (nSPS) is 13.6. The Labute approximate surface area is 172 Å². The smallest absolute Gasteiger partial charge is 0.241 e. The van der Waals surface area contributed by atoms with E-state index in [9.17, 15) is 9.59 Å². The summed E-state index contributed by atoms with van der Waals surface area (Å²) in [6.07, 6.45) is 1.90. The maximum atomic E-state index is 12.7. The Morgan fingerprint density at radius 2 is 1.79 bits per heavy atom. The molecule has 0 aliphatic carbocycles. The average Bonchev–Trinajstić information content (AvgIpc) is 3.07. The Bertz CT molecular complexity index is 821. The minimum absolute atomic E-state index is 0. The summed E-state index contributed by atoms with van der Waals surface area (Å²) in [5.74, 6) is 0.284. The number of nitrogens with one attached hydrogen (secondary N) is 1. The molecule has 2 aromatic rings. The molecule has 3 N–H and O–H groups in total. The molecule has 0 aromatic heterocycles. The molecule has 28 heavy (non-hydrogen) atoms. The third-order valence-corrected chi connectivity index (χ3v) is 4.83. The van der Waals surface area contributed by atoms with Crippen LogP contribution >= 0.6 is 12.4 Å². The zero-order chi connectivity index (χ0) is 19.4. The van der Waals surface area contributed by atoms with Crippen molar-refractivity contribution in [1.82, 2.24) is 0 Å². The summed E-state index contributed by atoms with van der Waals surface area (Å²) in [6, 6.07) is 14.9. The van der Waals surface area contributed by atoms with Gasteiger partial charge in [-0.15, -0.1) is 12.4 Å². The van der Waals surface area contributed by atoms with Crippen molar-refractivity contribution >= 4 is 35.6 Å². The lowest BCUT2D eigenvalue weighted by molar-refractivity contribution is -0.118. The first-order valence-electron chi connectivity index (χ1n) is 9.47. The van der Waals surface area contributed by atoms with E-state index in [-0.39, 0.29) is 24.2 Å². The maximum absolute atomic E-state index is 12.7. The van der Waals surface area contributed by atoms with E-state index in [0.717, 1.165) is 24.2 Å². The summed E-state index contributed by atoms with van der Waals surface area (Å²) in [7, 11) is 0. The zero-order valence-electron chi connectivity index (χ0n) is 16.4. The van der Waals surface area contributed by atoms with Crippen molar-refractivity contribution in [1.29, 1.82) is 0 Å². The Kier molecular flexibility index (Phi) is 7.61. The van der Waals surface area contributed by atoms with Gasteiger partial charge in [-0.3, -0.25) is 9.59 Å². The quantitative estimate of drug-likeness (QED) is 0.777. The van der Waals surface area contributed by atoms with E-state index in [2.05, 4.69) is 11.4 Å². The first-order chi connectivity index (χ1) is 12.9. The van der Waals surface area contributed by atoms with Crippen LogP contribution in [0.15, 0.2) is 48.5 Å². The van der Waals surface area contributed by atoms with Gasteiger partial charge in [-0.05, 0) is 48.1 Å². The largest absolute Gasteiger partial charge is 0.325 e. The molecule has 0 fully saturated rings. The lowest BCUT2D eigenvalue weighted by Crippen LogP contribution is -2.36. The predicted octanol–water partition coefficient (Wildman–Crippen LogP) is 3.55. The Morgan fingerprint density at radius 1 is 1.11 bits per heavy atom. The number of amides is 2. The van der Waals surface area contributed by atoms with Gasteiger partial charge in [0.1, 0.15) is 0 Å². The van der Waals surface area contributed by atoms with Gasteiger partial charge >= 0.3 is 0 Å². The molecule has 0 radical (unpaired) electrons. The number of carbonyl (C=O) groups is 2. The molecule has 0 saturated carbocycles. The van der Waals surface area contributed by atoms with Gasteiger partial charge in [0.25, 0.3) is 0 Å². The minimum Gasteiger partial charge on any atom is -0.325 e. The second kappa shape index (κ2) is 9.71. The molecule has 1 aliphatic heterocycles. The van der Waals surface area contributed by atoms with E-state index in [1.807, 2.05) is 61.2 Å². The van der Waals surface area contributed by atoms with Gasteiger partial charge in [0.2, 0.25) is 11.8 Å². The van der Waals surface area contributed by atoms with Crippen LogP contribution in [0.2, 0.25) is 0 Å². The third kappa shape index (κ3) is 5.33. The van der Waals surface area contributed by atoms with Gasteiger partial charge < -0.3 is 16.0 Å². The highest BCUT2D eigenvalue weighted by Gasteiger charge is 2.24. The summed E-state index contributed by atoms with van der Waals surface area (Å²) in [4.78, 5) is 26.6. The number of fused-ring (bicyclic) bond motifs is 1. The lowest BCUT2D eigenvalue weighted by Gasteiger charge is -2.17. The van der Waals surface area contributed by atoms with Crippen LogP contribution in [-0.4, -0.2) is 24.4 Å². The fraction of sp³-hybridized carbons (Fsp3) is 0.364. The summed E-state index contributed by atoms with van der Waals surface area (Å²) < 4.78 is 0. The van der Waals surface area contributed by atoms with Crippen LogP contribution in [0.25, 0.3) is 0 Å². The van der Waals surface area contributed by atoms with E-state index < -0.39 is 6.04 Å². The number of anilines is 2. The average molecular weight is 402 g/mol. The molecular formula is C22H28ClN3O2. The van der Waals surface area contributed by atoms with Crippen LogP contribution in [-0.2, 0) is 22.4 Å². The number of para-hydroxylation sites is 1. The van der Waals surface area contributed by atoms with Crippen molar-refractivity contribution in [2.24, 2.45) is 11.7 Å². The van der Waals surface area contributed by atoms with E-state index in [4.69, 9.17) is 5.73 Å². The molecule has 3 rings (SSSR count). The number of nitrogens with zero attached hydrogens (tertiary/aromatic N) is 1. The number of carbonyl (C=O) groups excluding carboxylic acids is 2. The van der Waals surface area contributed by atoms with Crippen LogP contribution in [0.5, 0.6) is 0 Å². The van der Waals surface area contributed by atoms with E-state index in [1.54, 1.807) is 0 Å². The first kappa shape index (κ1) is 21.9. The number of hydrogen-bond donors (Lipinski definition) is 2. The van der Waals surface area contributed by atoms with Gasteiger partial charge in [0, 0.05) is 17.9 Å². The van der Waals surface area contributed by atoms with E-state index >= 15 is 0 Å². The maximum Gasteiger partial charge on any atom is 0.241 e. The molecule has 2 aromatic carbocycles. The van der Waals surface area contributed by atoms with Crippen molar-refractivity contribution in [2.75, 3.05) is 16.8 Å². The summed E-state index contributed by atoms with van der Waals surface area (Å²) in [6.45, 7) is 4.81. The van der Waals surface area contributed by atoms with Crippen LogP contribution in [0, 0.1) is 5.92 Å². The van der Waals surface area contributed by atoms with E-state index in [0.29, 0.717) is 24.4 Å². The fourth-order valence-corrected chi connectivity index (χ4v) is 3.42. The predicted molar refractivity (Wildman–Crippen MR) is 116 cm³/mol. The molecule has 0 bridgehead atoms. The van der Waals surface area contributed by atoms with Crippen molar-refractivity contribution < 1.29 is 9.59 Å². The molecule has 1 aliphatic rings. The SMILES string of the molecule is CC(C)C[C@H](N)C(=O)Nc1ccc(CC(=O)N2CCc3ccccc32)cc1.Cl. The van der Waals surface area contributed by atoms with Crippen molar-refractivity contribution in [3.8, 4) is 0 Å². The number of halogens is 1. The molecule has 1 atom stereocenters.